The average molecular weight is 482 g/mol. The third-order valence-electron chi connectivity index (χ3n) is 6.73. The fourth-order valence-corrected chi connectivity index (χ4v) is 3.95. The maximum atomic E-state index is 12.8. The van der Waals surface area contributed by atoms with Crippen LogP contribution in [0.2, 0.25) is 0 Å². The number of alkyl carbamates (subject to hydrolysis) is 1. The second kappa shape index (κ2) is 10.2. The highest BCUT2D eigenvalue weighted by atomic mass is 16.5. The molecule has 0 aromatic heterocycles. The molecule has 0 spiro atoms. The van der Waals surface area contributed by atoms with E-state index in [-0.39, 0.29) is 19.1 Å². The first kappa shape index (κ1) is 25.7. The molecule has 186 valence electrons. The molecule has 35 heavy (non-hydrogen) atoms. The number of carboxylic acid groups (broad SMARTS) is 1. The number of carbonyl (C=O) groups is 4. The molecule has 0 radical (unpaired) electrons. The Morgan fingerprint density at radius 3 is 1.94 bits per heavy atom. The van der Waals surface area contributed by atoms with Gasteiger partial charge in [0.15, 0.2) is 0 Å². The number of nitrogens with one attached hydrogen (secondary N) is 3. The van der Waals surface area contributed by atoms with Crippen LogP contribution in [0.25, 0.3) is 11.1 Å². The molecule has 0 fully saturated rings. The first-order valence-corrected chi connectivity index (χ1v) is 11.3. The van der Waals surface area contributed by atoms with E-state index in [9.17, 15) is 19.2 Å². The summed E-state index contributed by atoms with van der Waals surface area (Å²) in [6.07, 6.45) is -0.656. The minimum absolute atomic E-state index is 0.0862. The molecule has 9 nitrogen and oxygen atoms in total. The zero-order valence-electron chi connectivity index (χ0n) is 20.3. The van der Waals surface area contributed by atoms with Gasteiger partial charge in [-0.3, -0.25) is 14.4 Å². The molecule has 0 bridgehead atoms. The summed E-state index contributed by atoms with van der Waals surface area (Å²) in [6.45, 7) is 5.90. The van der Waals surface area contributed by atoms with E-state index < -0.39 is 41.4 Å². The van der Waals surface area contributed by atoms with Gasteiger partial charge in [0, 0.05) is 5.92 Å². The number of benzene rings is 2. The van der Waals surface area contributed by atoms with Gasteiger partial charge in [-0.05, 0) is 49.9 Å². The molecular weight excluding hydrogens is 450 g/mol. The number of amides is 3. The number of rotatable bonds is 9. The Bertz CT molecular complexity index is 1100. The van der Waals surface area contributed by atoms with Crippen molar-refractivity contribution in [2.24, 2.45) is 5.41 Å². The molecule has 0 aliphatic heterocycles. The highest BCUT2D eigenvalue weighted by Gasteiger charge is 2.44. The molecule has 3 rings (SSSR count). The number of carboxylic acids is 1. The van der Waals surface area contributed by atoms with E-state index in [2.05, 4.69) is 28.1 Å². The molecule has 2 aromatic rings. The number of carbonyl (C=O) groups excluding carboxylic acids is 3. The lowest BCUT2D eigenvalue weighted by Gasteiger charge is -2.40. The van der Waals surface area contributed by atoms with E-state index in [1.165, 1.54) is 0 Å². The molecule has 1 aliphatic carbocycles. The third kappa shape index (κ3) is 5.62. The van der Waals surface area contributed by atoms with Crippen molar-refractivity contribution in [3.05, 3.63) is 59.7 Å². The Morgan fingerprint density at radius 1 is 0.857 bits per heavy atom. The predicted octanol–water partition coefficient (Wildman–Crippen LogP) is 2.65. The summed E-state index contributed by atoms with van der Waals surface area (Å²) < 4.78 is 5.60. The van der Waals surface area contributed by atoms with Crippen LogP contribution in [0.4, 0.5) is 4.79 Å². The first-order valence-electron chi connectivity index (χ1n) is 11.3. The molecule has 4 N–H and O–H groups in total. The van der Waals surface area contributed by atoms with Crippen molar-refractivity contribution < 1.29 is 29.0 Å². The van der Waals surface area contributed by atoms with Crippen molar-refractivity contribution in [3.8, 4) is 11.1 Å². The van der Waals surface area contributed by atoms with Crippen molar-refractivity contribution in [2.75, 3.05) is 19.7 Å². The second-order valence-corrected chi connectivity index (χ2v) is 9.55. The molecule has 0 saturated heterocycles. The van der Waals surface area contributed by atoms with Gasteiger partial charge >= 0.3 is 12.1 Å². The van der Waals surface area contributed by atoms with Gasteiger partial charge < -0.3 is 25.8 Å². The van der Waals surface area contributed by atoms with Crippen LogP contribution in [0.5, 0.6) is 0 Å². The van der Waals surface area contributed by atoms with Gasteiger partial charge in [-0.25, -0.2) is 4.79 Å². The van der Waals surface area contributed by atoms with Crippen molar-refractivity contribution in [1.29, 1.82) is 0 Å². The predicted molar refractivity (Wildman–Crippen MR) is 130 cm³/mol. The zero-order valence-corrected chi connectivity index (χ0v) is 20.3. The summed E-state index contributed by atoms with van der Waals surface area (Å²) in [4.78, 5) is 47.8. The highest BCUT2D eigenvalue weighted by molar-refractivity contribution is 5.89. The topological polar surface area (TPSA) is 134 Å². The van der Waals surface area contributed by atoms with Crippen LogP contribution in [0.3, 0.4) is 0 Å². The van der Waals surface area contributed by atoms with Crippen LogP contribution < -0.4 is 16.0 Å². The standard InChI is InChI=1S/C26H31N3O6/c1-25(2,23(33)28-13-21(30)27-14-22(31)32)26(3,4)29-24(34)35-15-20-18-11-7-5-9-16(18)17-10-6-8-12-19(17)20/h5-12,20H,13-15H2,1-4H3,(H,27,30)(H,28,33)(H,29,34)(H,31,32). The van der Waals surface area contributed by atoms with Crippen LogP contribution in [0.15, 0.2) is 48.5 Å². The SMILES string of the molecule is CC(C)(NC(=O)OCC1c2ccccc2-c2ccccc21)C(C)(C)C(=O)NCC(=O)NCC(=O)O. The van der Waals surface area contributed by atoms with Gasteiger partial charge in [-0.2, -0.15) is 0 Å². The van der Waals surface area contributed by atoms with Crippen LogP contribution in [0, 0.1) is 5.41 Å². The van der Waals surface area contributed by atoms with E-state index in [0.29, 0.717) is 0 Å². The lowest BCUT2D eigenvalue weighted by molar-refractivity contribution is -0.138. The molecule has 0 atom stereocenters. The minimum Gasteiger partial charge on any atom is -0.480 e. The Hall–Kier alpha value is -3.88. The number of hydrogen-bond donors (Lipinski definition) is 4. The van der Waals surface area contributed by atoms with Crippen molar-refractivity contribution >= 4 is 23.9 Å². The monoisotopic (exact) mass is 481 g/mol. The summed E-state index contributed by atoms with van der Waals surface area (Å²) in [6, 6.07) is 16.1. The fraction of sp³-hybridized carbons (Fsp3) is 0.385. The van der Waals surface area contributed by atoms with Crippen LogP contribution in [-0.4, -0.2) is 54.2 Å². The Labute approximate surface area is 204 Å². The average Bonchev–Trinajstić information content (AvgIpc) is 3.13. The summed E-state index contributed by atoms with van der Waals surface area (Å²) in [5.41, 5.74) is 2.30. The highest BCUT2D eigenvalue weighted by Crippen LogP contribution is 2.44. The van der Waals surface area contributed by atoms with Gasteiger partial charge in [0.1, 0.15) is 13.2 Å². The van der Waals surface area contributed by atoms with E-state index in [4.69, 9.17) is 9.84 Å². The Kier molecular flexibility index (Phi) is 7.48. The van der Waals surface area contributed by atoms with Crippen LogP contribution >= 0.6 is 0 Å². The summed E-state index contributed by atoms with van der Waals surface area (Å²) in [5, 5.41) is 16.1. The van der Waals surface area contributed by atoms with Crippen LogP contribution in [-0.2, 0) is 19.1 Å². The van der Waals surface area contributed by atoms with Gasteiger partial charge in [0.25, 0.3) is 0 Å². The molecule has 2 aromatic carbocycles. The largest absolute Gasteiger partial charge is 0.480 e. The molecule has 3 amide bonds. The molecule has 0 unspecified atom stereocenters. The van der Waals surface area contributed by atoms with Gasteiger partial charge in [-0.15, -0.1) is 0 Å². The van der Waals surface area contributed by atoms with Gasteiger partial charge in [0.2, 0.25) is 11.8 Å². The number of fused-ring (bicyclic) bond motifs is 3. The van der Waals surface area contributed by atoms with E-state index >= 15 is 0 Å². The van der Waals surface area contributed by atoms with E-state index in [1.807, 2.05) is 36.4 Å². The number of hydrogen-bond acceptors (Lipinski definition) is 5. The second-order valence-electron chi connectivity index (χ2n) is 9.55. The Morgan fingerprint density at radius 2 is 1.40 bits per heavy atom. The number of ether oxygens (including phenoxy) is 1. The van der Waals surface area contributed by atoms with Gasteiger partial charge in [0.05, 0.1) is 17.5 Å². The summed E-state index contributed by atoms with van der Waals surface area (Å²) in [7, 11) is 0. The fourth-order valence-electron chi connectivity index (χ4n) is 3.95. The summed E-state index contributed by atoms with van der Waals surface area (Å²) >= 11 is 0. The van der Waals surface area contributed by atoms with Crippen molar-refractivity contribution in [2.45, 2.75) is 39.2 Å². The smallest absolute Gasteiger partial charge is 0.407 e. The van der Waals surface area contributed by atoms with E-state index in [0.717, 1.165) is 22.3 Å². The molecular formula is C26H31N3O6. The molecule has 9 heteroatoms. The van der Waals surface area contributed by atoms with Crippen molar-refractivity contribution in [3.63, 3.8) is 0 Å². The quantitative estimate of drug-likeness (QED) is 0.435. The Balaban J connectivity index is 1.59. The normalized spacial score (nSPS) is 12.8. The first-order chi connectivity index (χ1) is 16.4. The molecule has 1 aliphatic rings. The number of aliphatic carboxylic acids is 1. The molecule has 0 saturated carbocycles. The lowest BCUT2D eigenvalue weighted by atomic mass is 9.73. The van der Waals surface area contributed by atoms with Gasteiger partial charge in [-0.1, -0.05) is 48.5 Å². The summed E-state index contributed by atoms with van der Waals surface area (Å²) in [5.74, 6) is -2.37. The lowest BCUT2D eigenvalue weighted by Crippen LogP contribution is -2.60. The maximum Gasteiger partial charge on any atom is 0.407 e. The maximum absolute atomic E-state index is 12.8. The van der Waals surface area contributed by atoms with E-state index in [1.54, 1.807) is 27.7 Å². The zero-order chi connectivity index (χ0) is 25.8. The van der Waals surface area contributed by atoms with Crippen molar-refractivity contribution in [1.82, 2.24) is 16.0 Å². The minimum atomic E-state index is -1.18. The van der Waals surface area contributed by atoms with Crippen LogP contribution in [0.1, 0.15) is 44.7 Å². The molecule has 0 heterocycles. The third-order valence-corrected chi connectivity index (χ3v) is 6.73.